The first kappa shape index (κ1) is 25.4. The second-order valence-electron chi connectivity index (χ2n) is 8.67. The Morgan fingerprint density at radius 3 is 2.21 bits per heavy atom. The second-order valence-corrected chi connectivity index (χ2v) is 12.2. The number of piperidine rings is 1. The molecule has 2 aromatic rings. The van der Waals surface area contributed by atoms with Crippen LogP contribution in [0.2, 0.25) is 0 Å². The first-order valence-corrected chi connectivity index (χ1v) is 13.8. The molecule has 33 heavy (non-hydrogen) atoms. The summed E-state index contributed by atoms with van der Waals surface area (Å²) >= 11 is 0. The van der Waals surface area contributed by atoms with Crippen LogP contribution in [0.4, 0.5) is 0 Å². The fourth-order valence-electron chi connectivity index (χ4n) is 4.02. The topological polar surface area (TPSA) is 118 Å². The van der Waals surface area contributed by atoms with Gasteiger partial charge in [0, 0.05) is 26.1 Å². The number of hydrogen-bond donors (Lipinski definition) is 1. The summed E-state index contributed by atoms with van der Waals surface area (Å²) in [6.45, 7) is 6.18. The maximum Gasteiger partial charge on any atom is 0.243 e. The highest BCUT2D eigenvalue weighted by molar-refractivity contribution is 7.89. The first-order chi connectivity index (χ1) is 15.3. The van der Waals surface area contributed by atoms with E-state index >= 15 is 0 Å². The van der Waals surface area contributed by atoms with E-state index in [1.165, 1.54) is 16.4 Å². The van der Waals surface area contributed by atoms with E-state index in [9.17, 15) is 21.6 Å². The zero-order valence-corrected chi connectivity index (χ0v) is 21.0. The molecule has 1 aliphatic rings. The van der Waals surface area contributed by atoms with Crippen LogP contribution >= 0.6 is 0 Å². The molecule has 1 atom stereocenters. The third-order valence-electron chi connectivity index (χ3n) is 6.52. The van der Waals surface area contributed by atoms with Crippen LogP contribution < -0.4 is 5.14 Å². The molecule has 1 aliphatic heterocycles. The molecule has 2 aromatic carbocycles. The summed E-state index contributed by atoms with van der Waals surface area (Å²) in [5, 5.41) is 5.22. The number of nitrogens with zero attached hydrogens (tertiary/aromatic N) is 2. The van der Waals surface area contributed by atoms with E-state index in [2.05, 4.69) is 0 Å². The van der Waals surface area contributed by atoms with Crippen LogP contribution in [0.15, 0.2) is 52.3 Å². The van der Waals surface area contributed by atoms with E-state index in [-0.39, 0.29) is 40.7 Å². The lowest BCUT2D eigenvalue weighted by atomic mass is 9.95. The number of hydrogen-bond acceptors (Lipinski definition) is 5. The van der Waals surface area contributed by atoms with Crippen molar-refractivity contribution >= 4 is 26.0 Å². The number of aryl methyl sites for hydroxylation is 2. The molecule has 3 rings (SSSR count). The van der Waals surface area contributed by atoms with Gasteiger partial charge in [-0.05, 0) is 74.6 Å². The molecule has 1 amide bonds. The van der Waals surface area contributed by atoms with Crippen LogP contribution in [-0.2, 0) is 24.8 Å². The molecule has 2 N–H and O–H groups in total. The maximum absolute atomic E-state index is 13.1. The van der Waals surface area contributed by atoms with Crippen molar-refractivity contribution in [3.8, 4) is 0 Å². The molecular weight excluding hydrogens is 462 g/mol. The fraction of sp³-hybridized carbons (Fsp3) is 0.435. The van der Waals surface area contributed by atoms with Gasteiger partial charge in [-0.3, -0.25) is 4.79 Å². The van der Waals surface area contributed by atoms with Gasteiger partial charge in [0.2, 0.25) is 26.0 Å². The Balaban J connectivity index is 1.68. The van der Waals surface area contributed by atoms with Crippen molar-refractivity contribution in [1.82, 2.24) is 9.21 Å². The number of amides is 1. The van der Waals surface area contributed by atoms with Gasteiger partial charge in [0.05, 0.1) is 15.8 Å². The summed E-state index contributed by atoms with van der Waals surface area (Å²) in [4.78, 5) is 15.0. The summed E-state index contributed by atoms with van der Waals surface area (Å²) in [7, 11) is -5.77. The first-order valence-electron chi connectivity index (χ1n) is 10.8. The molecule has 0 bridgehead atoms. The number of rotatable bonds is 6. The predicted octanol–water partition coefficient (Wildman–Crippen LogP) is 2.57. The molecule has 1 unspecified atom stereocenters. The van der Waals surface area contributed by atoms with Crippen LogP contribution in [0.1, 0.15) is 42.5 Å². The number of nitrogens with two attached hydrogens (primary N) is 1. The zero-order chi connectivity index (χ0) is 24.6. The second kappa shape index (κ2) is 9.54. The van der Waals surface area contributed by atoms with Gasteiger partial charge >= 0.3 is 0 Å². The Kier molecular flexibility index (Phi) is 7.33. The molecule has 0 aliphatic carbocycles. The monoisotopic (exact) mass is 493 g/mol. The third kappa shape index (κ3) is 5.46. The van der Waals surface area contributed by atoms with E-state index in [1.54, 1.807) is 42.3 Å². The van der Waals surface area contributed by atoms with Gasteiger partial charge in [0.25, 0.3) is 0 Å². The van der Waals surface area contributed by atoms with E-state index in [0.29, 0.717) is 18.4 Å². The van der Waals surface area contributed by atoms with Crippen LogP contribution in [0.25, 0.3) is 0 Å². The maximum atomic E-state index is 13.1. The van der Waals surface area contributed by atoms with Crippen molar-refractivity contribution < 1.29 is 21.6 Å². The minimum absolute atomic E-state index is 0.00226. The highest BCUT2D eigenvalue weighted by Crippen LogP contribution is 2.29. The number of carbonyl (C=O) groups excluding carboxylic acids is 1. The Hall–Kier alpha value is -2.27. The van der Waals surface area contributed by atoms with E-state index < -0.39 is 20.0 Å². The molecule has 180 valence electrons. The summed E-state index contributed by atoms with van der Waals surface area (Å²) in [6.07, 6.45) is 0.856. The Morgan fingerprint density at radius 2 is 1.64 bits per heavy atom. The molecule has 0 aromatic heterocycles. The average molecular weight is 494 g/mol. The third-order valence-corrected chi connectivity index (χ3v) is 9.32. The minimum atomic E-state index is -3.84. The number of benzene rings is 2. The normalized spacial score (nSPS) is 17.0. The van der Waals surface area contributed by atoms with Crippen LogP contribution in [0.5, 0.6) is 0 Å². The van der Waals surface area contributed by atoms with Crippen molar-refractivity contribution in [1.29, 1.82) is 0 Å². The van der Waals surface area contributed by atoms with Crippen LogP contribution in [0.3, 0.4) is 0 Å². The molecule has 8 nitrogen and oxygen atoms in total. The molecule has 10 heteroatoms. The molecular formula is C23H31N3O5S2. The predicted molar refractivity (Wildman–Crippen MR) is 126 cm³/mol. The molecule has 0 spiro atoms. The van der Waals surface area contributed by atoms with Gasteiger partial charge in [0.1, 0.15) is 0 Å². The van der Waals surface area contributed by atoms with Crippen LogP contribution in [-0.4, -0.2) is 52.1 Å². The molecule has 0 saturated carbocycles. The van der Waals surface area contributed by atoms with Gasteiger partial charge in [-0.15, -0.1) is 0 Å². The Bertz CT molecular complexity index is 1250. The zero-order valence-electron chi connectivity index (χ0n) is 19.4. The van der Waals surface area contributed by atoms with Crippen molar-refractivity contribution in [3.05, 3.63) is 59.2 Å². The quantitative estimate of drug-likeness (QED) is 0.664. The Morgan fingerprint density at radius 1 is 1.00 bits per heavy atom. The molecule has 1 saturated heterocycles. The highest BCUT2D eigenvalue weighted by Gasteiger charge is 2.34. The van der Waals surface area contributed by atoms with E-state index in [1.807, 2.05) is 20.8 Å². The van der Waals surface area contributed by atoms with Crippen molar-refractivity contribution in [2.24, 2.45) is 11.1 Å². The summed E-state index contributed by atoms with van der Waals surface area (Å²) in [5.41, 5.74) is 2.61. The molecule has 1 heterocycles. The van der Waals surface area contributed by atoms with Gasteiger partial charge in [-0.25, -0.2) is 22.0 Å². The van der Waals surface area contributed by atoms with Crippen molar-refractivity contribution in [2.75, 3.05) is 20.1 Å². The van der Waals surface area contributed by atoms with Crippen molar-refractivity contribution in [2.45, 2.75) is 49.4 Å². The lowest BCUT2D eigenvalue weighted by Crippen LogP contribution is -2.44. The largest absolute Gasteiger partial charge is 0.339 e. The molecule has 0 radical (unpaired) electrons. The average Bonchev–Trinajstić information content (AvgIpc) is 2.79. The van der Waals surface area contributed by atoms with Crippen molar-refractivity contribution in [3.63, 3.8) is 0 Å². The van der Waals surface area contributed by atoms with E-state index in [4.69, 9.17) is 5.14 Å². The summed E-state index contributed by atoms with van der Waals surface area (Å²) in [6, 6.07) is 11.0. The lowest BCUT2D eigenvalue weighted by Gasteiger charge is -2.34. The fourth-order valence-corrected chi connectivity index (χ4v) is 6.14. The highest BCUT2D eigenvalue weighted by atomic mass is 32.2. The smallest absolute Gasteiger partial charge is 0.243 e. The number of carbonyl (C=O) groups is 1. The number of sulfonamides is 2. The van der Waals surface area contributed by atoms with Crippen LogP contribution in [0, 0.1) is 19.8 Å². The van der Waals surface area contributed by atoms with Gasteiger partial charge in [0.15, 0.2) is 0 Å². The lowest BCUT2D eigenvalue weighted by molar-refractivity contribution is -0.137. The molecule has 1 fully saturated rings. The minimum Gasteiger partial charge on any atom is -0.339 e. The summed E-state index contributed by atoms with van der Waals surface area (Å²) < 4.78 is 50.8. The SMILES string of the molecule is Cc1ccc(S(=O)(=O)N2CCC(C(=O)N(C)C(C)c3cccc(S(N)(=O)=O)c3)CC2)cc1C. The van der Waals surface area contributed by atoms with Gasteiger partial charge < -0.3 is 4.90 Å². The standard InChI is InChI=1S/C23H31N3O5S2/c1-16-8-9-22(14-17(16)2)33(30,31)26-12-10-19(11-13-26)23(27)25(4)18(3)20-6-5-7-21(15-20)32(24,28)29/h5-9,14-15,18-19H,10-13H2,1-4H3,(H2,24,28,29). The Labute approximate surface area is 196 Å². The number of primary sulfonamides is 1. The summed E-state index contributed by atoms with van der Waals surface area (Å²) in [5.74, 6) is -0.392. The van der Waals surface area contributed by atoms with Gasteiger partial charge in [-0.2, -0.15) is 4.31 Å². The van der Waals surface area contributed by atoms with E-state index in [0.717, 1.165) is 11.1 Å². The van der Waals surface area contributed by atoms with Gasteiger partial charge in [-0.1, -0.05) is 18.2 Å².